The van der Waals surface area contributed by atoms with Crippen LogP contribution in [0.1, 0.15) is 0 Å². The first-order chi connectivity index (χ1) is 8.74. The predicted molar refractivity (Wildman–Crippen MR) is 70.6 cm³/mol. The maximum absolute atomic E-state index is 10.9. The molecule has 0 saturated carbocycles. The largest absolute Gasteiger partial charge is 0.346 e. The zero-order chi connectivity index (χ0) is 12.5. The second-order valence-corrected chi connectivity index (χ2v) is 4.86. The second-order valence-electron chi connectivity index (χ2n) is 3.89. The van der Waals surface area contributed by atoms with Gasteiger partial charge in [-0.1, -0.05) is 12.1 Å². The van der Waals surface area contributed by atoms with Gasteiger partial charge in [0.2, 0.25) is 0 Å². The molecule has 2 N–H and O–H groups in total. The van der Waals surface area contributed by atoms with Crippen molar-refractivity contribution in [2.24, 2.45) is 0 Å². The Labute approximate surface area is 106 Å². The number of aromatic nitrogens is 2. The molecular formula is C13H10N2O2S. The van der Waals surface area contributed by atoms with Crippen LogP contribution < -0.4 is 0 Å². The van der Waals surface area contributed by atoms with Gasteiger partial charge < -0.3 is 9.54 Å². The second kappa shape index (κ2) is 4.36. The molecule has 1 unspecified atom stereocenters. The molecule has 0 aliphatic heterocycles. The fourth-order valence-electron chi connectivity index (χ4n) is 1.83. The van der Waals surface area contributed by atoms with Gasteiger partial charge in [-0.3, -0.25) is 0 Å². The van der Waals surface area contributed by atoms with Crippen LogP contribution in [-0.4, -0.2) is 18.7 Å². The van der Waals surface area contributed by atoms with Gasteiger partial charge in [0.25, 0.3) is 0 Å². The summed E-state index contributed by atoms with van der Waals surface area (Å²) in [5, 5.41) is 1.06. The molecular weight excluding hydrogens is 248 g/mol. The molecule has 18 heavy (non-hydrogen) atoms. The fourth-order valence-corrected chi connectivity index (χ4v) is 2.20. The Balaban J connectivity index is 2.05. The van der Waals surface area contributed by atoms with E-state index in [0.29, 0.717) is 4.90 Å². The first kappa shape index (κ1) is 11.1. The number of nitrogens with zero attached hydrogens (tertiary/aromatic N) is 1. The zero-order valence-corrected chi connectivity index (χ0v) is 10.1. The summed E-state index contributed by atoms with van der Waals surface area (Å²) >= 11 is -1.94. The summed E-state index contributed by atoms with van der Waals surface area (Å²) in [6, 6.07) is 12.7. The zero-order valence-electron chi connectivity index (χ0n) is 9.33. The van der Waals surface area contributed by atoms with E-state index in [0.717, 1.165) is 22.3 Å². The number of H-pyrrole nitrogens is 1. The number of hydrogen-bond acceptors (Lipinski definition) is 2. The summed E-state index contributed by atoms with van der Waals surface area (Å²) in [6.45, 7) is 0. The highest BCUT2D eigenvalue weighted by molar-refractivity contribution is 7.79. The number of aromatic amines is 1. The molecule has 3 rings (SSSR count). The van der Waals surface area contributed by atoms with E-state index in [1.54, 1.807) is 24.3 Å². The Morgan fingerprint density at radius 2 is 1.83 bits per heavy atom. The van der Waals surface area contributed by atoms with E-state index in [2.05, 4.69) is 9.97 Å². The average Bonchev–Trinajstić information content (AvgIpc) is 2.86. The minimum atomic E-state index is -1.94. The molecule has 0 radical (unpaired) electrons. The first-order valence-electron chi connectivity index (χ1n) is 5.39. The standard InChI is InChI=1S/C13H10N2O2S/c16-18(17)11-4-1-9(2-5-11)12-6-3-10-7-8-14-13(10)15-12/h1-8H,(H,14,15)(H,16,17). The highest BCUT2D eigenvalue weighted by atomic mass is 32.2. The molecule has 0 saturated heterocycles. The highest BCUT2D eigenvalue weighted by Gasteiger charge is 2.04. The maximum Gasteiger partial charge on any atom is 0.186 e. The van der Waals surface area contributed by atoms with Gasteiger partial charge in [-0.15, -0.1) is 0 Å². The molecule has 1 aromatic carbocycles. The Bertz CT molecular complexity index is 719. The number of pyridine rings is 1. The smallest absolute Gasteiger partial charge is 0.186 e. The van der Waals surface area contributed by atoms with Crippen molar-refractivity contribution < 1.29 is 8.76 Å². The van der Waals surface area contributed by atoms with Gasteiger partial charge in [-0.05, 0) is 30.3 Å². The normalized spacial score (nSPS) is 12.7. The number of hydrogen-bond donors (Lipinski definition) is 2. The molecule has 0 spiro atoms. The average molecular weight is 258 g/mol. The molecule has 0 aliphatic rings. The first-order valence-corrected chi connectivity index (χ1v) is 6.50. The quantitative estimate of drug-likeness (QED) is 0.695. The monoisotopic (exact) mass is 258 g/mol. The third kappa shape index (κ3) is 1.94. The maximum atomic E-state index is 10.9. The van der Waals surface area contributed by atoms with Gasteiger partial charge in [0.15, 0.2) is 11.1 Å². The Hall–Kier alpha value is -1.98. The molecule has 0 aliphatic carbocycles. The molecule has 0 amide bonds. The predicted octanol–water partition coefficient (Wildman–Crippen LogP) is 2.81. The summed E-state index contributed by atoms with van der Waals surface area (Å²) in [7, 11) is 0. The SMILES string of the molecule is O=S(O)c1ccc(-c2ccc3cc[nH]c3n2)cc1. The van der Waals surface area contributed by atoms with Gasteiger partial charge in [-0.2, -0.15) is 0 Å². The molecule has 0 bridgehead atoms. The third-order valence-corrected chi connectivity index (χ3v) is 3.44. The number of nitrogens with one attached hydrogen (secondary N) is 1. The van der Waals surface area contributed by atoms with Crippen molar-refractivity contribution in [2.45, 2.75) is 4.90 Å². The molecule has 2 heterocycles. The van der Waals surface area contributed by atoms with Crippen LogP contribution in [0.15, 0.2) is 53.6 Å². The van der Waals surface area contributed by atoms with Gasteiger partial charge in [-0.25, -0.2) is 9.19 Å². The van der Waals surface area contributed by atoms with Crippen molar-refractivity contribution in [1.29, 1.82) is 0 Å². The lowest BCUT2D eigenvalue weighted by Crippen LogP contribution is -1.89. The Morgan fingerprint density at radius 1 is 1.06 bits per heavy atom. The lowest BCUT2D eigenvalue weighted by Gasteiger charge is -2.02. The van der Waals surface area contributed by atoms with Crippen LogP contribution in [0.3, 0.4) is 0 Å². The van der Waals surface area contributed by atoms with E-state index in [4.69, 9.17) is 4.55 Å². The number of benzene rings is 1. The molecule has 2 aromatic heterocycles. The van der Waals surface area contributed by atoms with Crippen LogP contribution in [0.5, 0.6) is 0 Å². The van der Waals surface area contributed by atoms with Gasteiger partial charge in [0, 0.05) is 17.1 Å². The molecule has 0 fully saturated rings. The van der Waals surface area contributed by atoms with E-state index in [1.807, 2.05) is 24.4 Å². The summed E-state index contributed by atoms with van der Waals surface area (Å²) in [4.78, 5) is 7.93. The van der Waals surface area contributed by atoms with Crippen LogP contribution in [0, 0.1) is 0 Å². The van der Waals surface area contributed by atoms with Crippen molar-refractivity contribution in [2.75, 3.05) is 0 Å². The van der Waals surface area contributed by atoms with Gasteiger partial charge in [0.05, 0.1) is 10.6 Å². The molecule has 3 aromatic rings. The number of fused-ring (bicyclic) bond motifs is 1. The lowest BCUT2D eigenvalue weighted by atomic mass is 10.1. The minimum absolute atomic E-state index is 0.389. The Kier molecular flexibility index (Phi) is 2.70. The van der Waals surface area contributed by atoms with E-state index in [-0.39, 0.29) is 0 Å². The fraction of sp³-hybridized carbons (Fsp3) is 0. The highest BCUT2D eigenvalue weighted by Crippen LogP contribution is 2.21. The summed E-state index contributed by atoms with van der Waals surface area (Å²) < 4.78 is 19.8. The van der Waals surface area contributed by atoms with Crippen molar-refractivity contribution in [3.8, 4) is 11.3 Å². The lowest BCUT2D eigenvalue weighted by molar-refractivity contribution is 0.564. The van der Waals surface area contributed by atoms with E-state index < -0.39 is 11.1 Å². The third-order valence-electron chi connectivity index (χ3n) is 2.76. The van der Waals surface area contributed by atoms with Crippen LogP contribution in [0.2, 0.25) is 0 Å². The number of rotatable bonds is 2. The minimum Gasteiger partial charge on any atom is -0.346 e. The van der Waals surface area contributed by atoms with Crippen molar-refractivity contribution in [3.05, 3.63) is 48.7 Å². The van der Waals surface area contributed by atoms with E-state index in [9.17, 15) is 4.21 Å². The van der Waals surface area contributed by atoms with Gasteiger partial charge >= 0.3 is 0 Å². The topological polar surface area (TPSA) is 66.0 Å². The summed E-state index contributed by atoms with van der Waals surface area (Å²) in [6.07, 6.45) is 1.85. The molecule has 1 atom stereocenters. The van der Waals surface area contributed by atoms with Gasteiger partial charge in [0.1, 0.15) is 5.65 Å². The van der Waals surface area contributed by atoms with Crippen molar-refractivity contribution in [1.82, 2.24) is 9.97 Å². The van der Waals surface area contributed by atoms with E-state index >= 15 is 0 Å². The van der Waals surface area contributed by atoms with Crippen LogP contribution in [-0.2, 0) is 11.1 Å². The van der Waals surface area contributed by atoms with Crippen LogP contribution in [0.4, 0.5) is 0 Å². The molecule has 90 valence electrons. The summed E-state index contributed by atoms with van der Waals surface area (Å²) in [5.74, 6) is 0. The van der Waals surface area contributed by atoms with Crippen molar-refractivity contribution >= 4 is 22.1 Å². The van der Waals surface area contributed by atoms with Crippen LogP contribution in [0.25, 0.3) is 22.3 Å². The molecule has 5 heteroatoms. The molecule has 4 nitrogen and oxygen atoms in total. The van der Waals surface area contributed by atoms with E-state index in [1.165, 1.54) is 0 Å². The Morgan fingerprint density at radius 3 is 2.56 bits per heavy atom. The summed E-state index contributed by atoms with van der Waals surface area (Å²) in [5.41, 5.74) is 2.59. The van der Waals surface area contributed by atoms with Crippen LogP contribution >= 0.6 is 0 Å². The van der Waals surface area contributed by atoms with Crippen molar-refractivity contribution in [3.63, 3.8) is 0 Å².